The Morgan fingerprint density at radius 2 is 1.90 bits per heavy atom. The quantitative estimate of drug-likeness (QED) is 0.528. The molecular weight excluding hydrogens is 268 g/mol. The first-order chi connectivity index (χ1) is 9.70. The molecule has 1 aromatic heterocycles. The van der Waals surface area contributed by atoms with Crippen LogP contribution in [-0.4, -0.2) is 9.97 Å². The summed E-state index contributed by atoms with van der Waals surface area (Å²) in [4.78, 5) is 7.59. The van der Waals surface area contributed by atoms with Crippen molar-refractivity contribution in [1.82, 2.24) is 9.97 Å². The van der Waals surface area contributed by atoms with E-state index in [4.69, 9.17) is 23.2 Å². The fraction of sp³-hybridized carbons (Fsp3) is 0. The van der Waals surface area contributed by atoms with Gasteiger partial charge in [-0.2, -0.15) is 5.26 Å². The van der Waals surface area contributed by atoms with E-state index in [1.807, 2.05) is 36.4 Å². The van der Waals surface area contributed by atoms with E-state index in [0.717, 1.165) is 11.1 Å². The van der Waals surface area contributed by atoms with E-state index < -0.39 is 0 Å². The number of benzene rings is 2. The normalized spacial score (nSPS) is 10.3. The van der Waals surface area contributed by atoms with Gasteiger partial charge in [0.1, 0.15) is 16.5 Å². The van der Waals surface area contributed by atoms with Gasteiger partial charge in [0.25, 0.3) is 0 Å². The molecule has 5 heteroatoms. The van der Waals surface area contributed by atoms with Gasteiger partial charge in [0.15, 0.2) is 0 Å². The fourth-order valence-electron chi connectivity index (χ4n) is 2.10. The molecule has 0 atom stereocenters. The van der Waals surface area contributed by atoms with E-state index in [0.29, 0.717) is 27.1 Å². The number of hydrogen-bond donors (Lipinski definition) is 2. The third kappa shape index (κ3) is 1.92. The third-order valence-corrected chi connectivity index (χ3v) is 3.39. The zero-order chi connectivity index (χ0) is 14.1. The molecule has 3 N–H and O–H groups in total. The molecule has 2 aromatic carbocycles. The maximum Gasteiger partial charge on any atom is 0.140 e. The van der Waals surface area contributed by atoms with Crippen molar-refractivity contribution in [3.05, 3.63) is 52.7 Å². The van der Waals surface area contributed by atoms with Crippen molar-refractivity contribution in [3.8, 4) is 17.5 Å². The Morgan fingerprint density at radius 1 is 1.15 bits per heavy atom. The molecule has 0 spiro atoms. The summed E-state index contributed by atoms with van der Waals surface area (Å²) in [5.74, 6) is 0.687. The van der Waals surface area contributed by atoms with Gasteiger partial charge in [-0.3, -0.25) is 0 Å². The summed E-state index contributed by atoms with van der Waals surface area (Å²) in [6.45, 7) is 0. The molecule has 0 aliphatic heterocycles. The smallest absolute Gasteiger partial charge is 0.140 e. The molecule has 4 nitrogen and oxygen atoms in total. The van der Waals surface area contributed by atoms with Crippen LogP contribution in [0, 0.1) is 16.0 Å². The average Bonchev–Trinajstić information content (AvgIpc) is 2.48. The summed E-state index contributed by atoms with van der Waals surface area (Å²) in [6.07, 6.45) is 0. The number of rotatable bonds is 1. The summed E-state index contributed by atoms with van der Waals surface area (Å²) in [5, 5.41) is 9.63. The van der Waals surface area contributed by atoms with Crippen LogP contribution >= 0.6 is 12.2 Å². The molecule has 1 heterocycles. The fourth-order valence-corrected chi connectivity index (χ4v) is 2.41. The minimum Gasteiger partial charge on any atom is -0.397 e. The number of nitrogens with two attached hydrogens (primary N) is 1. The van der Waals surface area contributed by atoms with Gasteiger partial charge in [-0.15, -0.1) is 0 Å². The monoisotopic (exact) mass is 278 g/mol. The molecule has 0 amide bonds. The molecule has 20 heavy (non-hydrogen) atoms. The van der Waals surface area contributed by atoms with Crippen LogP contribution < -0.4 is 5.73 Å². The van der Waals surface area contributed by atoms with Gasteiger partial charge in [0, 0.05) is 5.56 Å². The minimum atomic E-state index is 0.373. The standard InChI is InChI=1S/C15H10N4S/c16-8-10-6-7-11-12(13(10)17)15(20)19-14(18-11)9-4-2-1-3-5-9/h1-7H,17H2,(H,18,19,20). The second kappa shape index (κ2) is 4.76. The number of hydrogen-bond acceptors (Lipinski definition) is 4. The van der Waals surface area contributed by atoms with Crippen LogP contribution in [0.5, 0.6) is 0 Å². The molecule has 0 bridgehead atoms. The number of fused-ring (bicyclic) bond motifs is 1. The number of nitrogens with zero attached hydrogens (tertiary/aromatic N) is 2. The highest BCUT2D eigenvalue weighted by Crippen LogP contribution is 2.26. The minimum absolute atomic E-state index is 0.373. The molecule has 0 saturated carbocycles. The first-order valence-corrected chi connectivity index (χ1v) is 6.39. The molecule has 3 aromatic rings. The maximum absolute atomic E-state index is 9.01. The highest BCUT2D eigenvalue weighted by atomic mass is 32.1. The van der Waals surface area contributed by atoms with Gasteiger partial charge in [-0.25, -0.2) is 4.98 Å². The highest BCUT2D eigenvalue weighted by molar-refractivity contribution is 7.71. The van der Waals surface area contributed by atoms with Crippen molar-refractivity contribution in [1.29, 1.82) is 5.26 Å². The topological polar surface area (TPSA) is 78.5 Å². The SMILES string of the molecule is N#Cc1ccc2[nH]c(-c3ccccc3)nc(=S)c2c1N. The van der Waals surface area contributed by atoms with Crippen LogP contribution in [0.25, 0.3) is 22.3 Å². The highest BCUT2D eigenvalue weighted by Gasteiger charge is 2.09. The van der Waals surface area contributed by atoms with Crippen LogP contribution in [0.2, 0.25) is 0 Å². The number of nitrogens with one attached hydrogen (secondary N) is 1. The summed E-state index contributed by atoms with van der Waals surface area (Å²) >= 11 is 5.32. The van der Waals surface area contributed by atoms with Gasteiger partial charge < -0.3 is 10.7 Å². The van der Waals surface area contributed by atoms with Crippen molar-refractivity contribution in [2.24, 2.45) is 0 Å². The first kappa shape index (κ1) is 12.3. The average molecular weight is 278 g/mol. The summed E-state index contributed by atoms with van der Waals surface area (Å²) in [5.41, 5.74) is 8.48. The van der Waals surface area contributed by atoms with Crippen molar-refractivity contribution in [2.75, 3.05) is 5.73 Å². The second-order valence-corrected chi connectivity index (χ2v) is 4.70. The Balaban J connectivity index is 2.33. The number of aromatic nitrogens is 2. The molecule has 96 valence electrons. The molecule has 0 aliphatic rings. The van der Waals surface area contributed by atoms with Crippen LogP contribution in [0.4, 0.5) is 5.69 Å². The van der Waals surface area contributed by atoms with E-state index in [1.165, 1.54) is 0 Å². The zero-order valence-electron chi connectivity index (χ0n) is 10.4. The number of aromatic amines is 1. The van der Waals surface area contributed by atoms with Crippen LogP contribution in [-0.2, 0) is 0 Å². The molecule has 0 saturated heterocycles. The van der Waals surface area contributed by atoms with Crippen LogP contribution in [0.15, 0.2) is 42.5 Å². The molecule has 0 radical (unpaired) electrons. The largest absolute Gasteiger partial charge is 0.397 e. The lowest BCUT2D eigenvalue weighted by Gasteiger charge is -2.07. The van der Waals surface area contributed by atoms with E-state index in [1.54, 1.807) is 12.1 Å². The second-order valence-electron chi connectivity index (χ2n) is 4.32. The van der Waals surface area contributed by atoms with E-state index >= 15 is 0 Å². The number of nitrogen functional groups attached to an aromatic ring is 1. The van der Waals surface area contributed by atoms with Crippen molar-refractivity contribution < 1.29 is 0 Å². The number of nitriles is 1. The van der Waals surface area contributed by atoms with E-state index in [-0.39, 0.29) is 0 Å². The number of anilines is 1. The Kier molecular flexibility index (Phi) is 2.93. The predicted octanol–water partition coefficient (Wildman–Crippen LogP) is 3.41. The van der Waals surface area contributed by atoms with Gasteiger partial charge in [0.2, 0.25) is 0 Å². The van der Waals surface area contributed by atoms with Gasteiger partial charge in [-0.05, 0) is 12.1 Å². The van der Waals surface area contributed by atoms with Gasteiger partial charge >= 0.3 is 0 Å². The Hall–Kier alpha value is -2.71. The Labute approximate surface area is 120 Å². The lowest BCUT2D eigenvalue weighted by atomic mass is 10.1. The summed E-state index contributed by atoms with van der Waals surface area (Å²) in [7, 11) is 0. The van der Waals surface area contributed by atoms with Gasteiger partial charge in [0.05, 0.1) is 22.2 Å². The molecule has 0 unspecified atom stereocenters. The Morgan fingerprint density at radius 3 is 2.60 bits per heavy atom. The maximum atomic E-state index is 9.01. The van der Waals surface area contributed by atoms with E-state index in [9.17, 15) is 0 Å². The van der Waals surface area contributed by atoms with Crippen molar-refractivity contribution >= 4 is 28.8 Å². The molecule has 0 fully saturated rings. The van der Waals surface area contributed by atoms with Crippen molar-refractivity contribution in [2.45, 2.75) is 0 Å². The number of H-pyrrole nitrogens is 1. The zero-order valence-corrected chi connectivity index (χ0v) is 11.2. The molecule has 3 rings (SSSR count). The van der Waals surface area contributed by atoms with Crippen molar-refractivity contribution in [3.63, 3.8) is 0 Å². The first-order valence-electron chi connectivity index (χ1n) is 5.98. The Bertz CT molecular complexity index is 891. The van der Waals surface area contributed by atoms with Gasteiger partial charge in [-0.1, -0.05) is 42.5 Å². The predicted molar refractivity (Wildman–Crippen MR) is 81.5 cm³/mol. The van der Waals surface area contributed by atoms with E-state index in [2.05, 4.69) is 9.97 Å². The third-order valence-electron chi connectivity index (χ3n) is 3.09. The summed E-state index contributed by atoms with van der Waals surface area (Å²) < 4.78 is 0.396. The lowest BCUT2D eigenvalue weighted by Crippen LogP contribution is -1.97. The summed E-state index contributed by atoms with van der Waals surface area (Å²) in [6, 6.07) is 15.2. The lowest BCUT2D eigenvalue weighted by molar-refractivity contribution is 1.21. The van der Waals surface area contributed by atoms with Crippen LogP contribution in [0.1, 0.15) is 5.56 Å². The molecular formula is C15H10N4S. The molecule has 0 aliphatic carbocycles. The van der Waals surface area contributed by atoms with Crippen LogP contribution in [0.3, 0.4) is 0 Å².